The number of hydrogen-bond donors (Lipinski definition) is 1. The molecule has 1 saturated heterocycles. The molecule has 0 amide bonds. The first-order chi connectivity index (χ1) is 12.2. The summed E-state index contributed by atoms with van der Waals surface area (Å²) >= 11 is 0. The molecule has 0 radical (unpaired) electrons. The average Bonchev–Trinajstić information content (AvgIpc) is 3.07. The SMILES string of the molecule is Cc1ccc(=O)n(CCN2CCN(c3nc4ccccc4[nH]3)CC2)n1. The van der Waals surface area contributed by atoms with E-state index in [1.165, 1.54) is 0 Å². The van der Waals surface area contributed by atoms with Gasteiger partial charge >= 0.3 is 0 Å². The van der Waals surface area contributed by atoms with Crippen LogP contribution in [0.3, 0.4) is 0 Å². The van der Waals surface area contributed by atoms with Crippen molar-refractivity contribution in [2.45, 2.75) is 13.5 Å². The zero-order chi connectivity index (χ0) is 17.2. The van der Waals surface area contributed by atoms with Crippen LogP contribution in [-0.2, 0) is 6.54 Å². The molecular weight excluding hydrogens is 316 g/mol. The Kier molecular flexibility index (Phi) is 4.23. The molecule has 1 N–H and O–H groups in total. The number of benzene rings is 1. The fourth-order valence-electron chi connectivity index (χ4n) is 3.22. The number of para-hydroxylation sites is 2. The number of hydrogen-bond acceptors (Lipinski definition) is 5. The van der Waals surface area contributed by atoms with Crippen LogP contribution in [0, 0.1) is 6.92 Å². The van der Waals surface area contributed by atoms with Gasteiger partial charge in [0.1, 0.15) is 0 Å². The second-order valence-electron chi connectivity index (χ2n) is 6.44. The Labute approximate surface area is 145 Å². The summed E-state index contributed by atoms with van der Waals surface area (Å²) in [6.07, 6.45) is 0. The van der Waals surface area contributed by atoms with Crippen molar-refractivity contribution < 1.29 is 0 Å². The van der Waals surface area contributed by atoms with Gasteiger partial charge in [0.05, 0.1) is 23.3 Å². The molecule has 3 aromatic rings. The molecule has 4 rings (SSSR count). The van der Waals surface area contributed by atoms with E-state index in [2.05, 4.69) is 30.9 Å². The summed E-state index contributed by atoms with van der Waals surface area (Å²) in [5.74, 6) is 0.942. The van der Waals surface area contributed by atoms with Gasteiger partial charge in [0.2, 0.25) is 5.95 Å². The summed E-state index contributed by atoms with van der Waals surface area (Å²) < 4.78 is 1.56. The fraction of sp³-hybridized carbons (Fsp3) is 0.389. The minimum Gasteiger partial charge on any atom is -0.340 e. The van der Waals surface area contributed by atoms with Crippen molar-refractivity contribution in [1.82, 2.24) is 24.6 Å². The van der Waals surface area contributed by atoms with E-state index in [1.807, 2.05) is 25.1 Å². The van der Waals surface area contributed by atoms with Crippen molar-refractivity contribution >= 4 is 17.0 Å². The van der Waals surface area contributed by atoms with Crippen molar-refractivity contribution in [3.8, 4) is 0 Å². The van der Waals surface area contributed by atoms with Crippen LogP contribution in [0.5, 0.6) is 0 Å². The molecule has 1 fully saturated rings. The van der Waals surface area contributed by atoms with E-state index in [0.29, 0.717) is 6.54 Å². The highest BCUT2D eigenvalue weighted by Gasteiger charge is 2.19. The molecule has 0 atom stereocenters. The smallest absolute Gasteiger partial charge is 0.266 e. The minimum absolute atomic E-state index is 0.0356. The number of nitrogens with one attached hydrogen (secondary N) is 1. The molecule has 1 aromatic carbocycles. The predicted octanol–water partition coefficient (Wildman–Crippen LogP) is 1.25. The maximum atomic E-state index is 11.8. The standard InChI is InChI=1S/C18H22N6O/c1-14-6-7-17(25)24(21-14)13-10-22-8-11-23(12-9-22)18-19-15-4-2-3-5-16(15)20-18/h2-7H,8-13H2,1H3,(H,19,20). The van der Waals surface area contributed by atoms with Gasteiger partial charge in [-0.2, -0.15) is 5.10 Å². The van der Waals surface area contributed by atoms with Gasteiger partial charge in [0.15, 0.2) is 0 Å². The highest BCUT2D eigenvalue weighted by molar-refractivity contribution is 5.77. The normalized spacial score (nSPS) is 15.8. The molecule has 130 valence electrons. The summed E-state index contributed by atoms with van der Waals surface area (Å²) in [6, 6.07) is 11.4. The lowest BCUT2D eigenvalue weighted by Crippen LogP contribution is -2.48. The lowest BCUT2D eigenvalue weighted by Gasteiger charge is -2.34. The molecule has 25 heavy (non-hydrogen) atoms. The number of aromatic nitrogens is 4. The second-order valence-corrected chi connectivity index (χ2v) is 6.44. The number of H-pyrrole nitrogens is 1. The number of aromatic amines is 1. The Bertz CT molecular complexity index is 889. The summed E-state index contributed by atoms with van der Waals surface area (Å²) in [5.41, 5.74) is 2.91. The molecule has 7 nitrogen and oxygen atoms in total. The number of imidazole rings is 1. The third-order valence-corrected chi connectivity index (χ3v) is 4.68. The molecule has 1 aliphatic rings. The van der Waals surface area contributed by atoms with E-state index < -0.39 is 0 Å². The number of nitrogens with zero attached hydrogens (tertiary/aromatic N) is 5. The Morgan fingerprint density at radius 3 is 2.64 bits per heavy atom. The van der Waals surface area contributed by atoms with Crippen LogP contribution >= 0.6 is 0 Å². The third-order valence-electron chi connectivity index (χ3n) is 4.68. The van der Waals surface area contributed by atoms with Crippen molar-refractivity contribution in [2.24, 2.45) is 0 Å². The van der Waals surface area contributed by atoms with Crippen LogP contribution < -0.4 is 10.5 Å². The van der Waals surface area contributed by atoms with E-state index in [0.717, 1.165) is 55.4 Å². The first kappa shape index (κ1) is 15.8. The van der Waals surface area contributed by atoms with Gasteiger partial charge in [0, 0.05) is 38.8 Å². The number of rotatable bonds is 4. The first-order valence-electron chi connectivity index (χ1n) is 8.66. The molecular formula is C18H22N6O. The van der Waals surface area contributed by atoms with Crippen LogP contribution in [0.2, 0.25) is 0 Å². The lowest BCUT2D eigenvalue weighted by molar-refractivity contribution is 0.241. The molecule has 3 heterocycles. The topological polar surface area (TPSA) is 70.1 Å². The van der Waals surface area contributed by atoms with Gasteiger partial charge in [-0.05, 0) is 25.1 Å². The summed E-state index contributed by atoms with van der Waals surface area (Å²) in [5, 5.41) is 4.30. The molecule has 0 saturated carbocycles. The average molecular weight is 338 g/mol. The highest BCUT2D eigenvalue weighted by Crippen LogP contribution is 2.18. The van der Waals surface area contributed by atoms with E-state index in [-0.39, 0.29) is 5.56 Å². The van der Waals surface area contributed by atoms with Gasteiger partial charge < -0.3 is 9.88 Å². The van der Waals surface area contributed by atoms with E-state index in [1.54, 1.807) is 16.8 Å². The number of anilines is 1. The van der Waals surface area contributed by atoms with Crippen LogP contribution in [0.4, 0.5) is 5.95 Å². The van der Waals surface area contributed by atoms with Crippen molar-refractivity contribution in [1.29, 1.82) is 0 Å². The largest absolute Gasteiger partial charge is 0.340 e. The molecule has 0 bridgehead atoms. The van der Waals surface area contributed by atoms with E-state index in [9.17, 15) is 4.79 Å². The summed E-state index contributed by atoms with van der Waals surface area (Å²) in [7, 11) is 0. The summed E-state index contributed by atoms with van der Waals surface area (Å²) in [6.45, 7) is 7.14. The van der Waals surface area contributed by atoms with Crippen LogP contribution in [-0.4, -0.2) is 57.4 Å². The first-order valence-corrected chi connectivity index (χ1v) is 8.66. The van der Waals surface area contributed by atoms with E-state index >= 15 is 0 Å². The highest BCUT2D eigenvalue weighted by atomic mass is 16.1. The van der Waals surface area contributed by atoms with Gasteiger partial charge in [0.25, 0.3) is 5.56 Å². The predicted molar refractivity (Wildman–Crippen MR) is 98.0 cm³/mol. The number of aryl methyl sites for hydroxylation is 1. The molecule has 0 unspecified atom stereocenters. The number of fused-ring (bicyclic) bond motifs is 1. The maximum Gasteiger partial charge on any atom is 0.266 e. The molecule has 2 aromatic heterocycles. The second kappa shape index (κ2) is 6.68. The summed E-state index contributed by atoms with van der Waals surface area (Å²) in [4.78, 5) is 24.5. The van der Waals surface area contributed by atoms with Crippen molar-refractivity contribution in [2.75, 3.05) is 37.6 Å². The molecule has 0 spiro atoms. The molecule has 1 aliphatic heterocycles. The third kappa shape index (κ3) is 3.41. The van der Waals surface area contributed by atoms with Gasteiger partial charge in [-0.25, -0.2) is 9.67 Å². The zero-order valence-corrected chi connectivity index (χ0v) is 14.4. The number of piperazine rings is 1. The van der Waals surface area contributed by atoms with Crippen molar-refractivity contribution in [3.63, 3.8) is 0 Å². The van der Waals surface area contributed by atoms with Gasteiger partial charge in [-0.15, -0.1) is 0 Å². The maximum absolute atomic E-state index is 11.8. The Morgan fingerprint density at radius 2 is 1.84 bits per heavy atom. The molecule has 0 aliphatic carbocycles. The van der Waals surface area contributed by atoms with Crippen LogP contribution in [0.1, 0.15) is 5.69 Å². The Balaban J connectivity index is 1.35. The van der Waals surface area contributed by atoms with Gasteiger partial charge in [-0.3, -0.25) is 9.69 Å². The Morgan fingerprint density at radius 1 is 1.04 bits per heavy atom. The fourth-order valence-corrected chi connectivity index (χ4v) is 3.22. The van der Waals surface area contributed by atoms with Crippen LogP contribution in [0.15, 0.2) is 41.2 Å². The monoisotopic (exact) mass is 338 g/mol. The van der Waals surface area contributed by atoms with E-state index in [4.69, 9.17) is 0 Å². The van der Waals surface area contributed by atoms with Gasteiger partial charge in [-0.1, -0.05) is 12.1 Å². The molecule has 7 heteroatoms. The zero-order valence-electron chi connectivity index (χ0n) is 14.4. The minimum atomic E-state index is -0.0356. The Hall–Kier alpha value is -2.67. The van der Waals surface area contributed by atoms with Crippen molar-refractivity contribution in [3.05, 3.63) is 52.4 Å². The lowest BCUT2D eigenvalue weighted by atomic mass is 10.3. The quantitative estimate of drug-likeness (QED) is 0.775. The van der Waals surface area contributed by atoms with Crippen LogP contribution in [0.25, 0.3) is 11.0 Å².